The van der Waals surface area contributed by atoms with E-state index in [-0.39, 0.29) is 6.04 Å². The first kappa shape index (κ1) is 14.7. The van der Waals surface area contributed by atoms with E-state index in [1.54, 1.807) is 0 Å². The summed E-state index contributed by atoms with van der Waals surface area (Å²) in [4.78, 5) is 0. The van der Waals surface area contributed by atoms with Gasteiger partial charge in [-0.15, -0.1) is 0 Å². The molecule has 1 aliphatic rings. The Hall–Kier alpha value is -1.90. The van der Waals surface area contributed by atoms with E-state index in [1.807, 2.05) is 0 Å². The molecule has 3 N–H and O–H groups in total. The van der Waals surface area contributed by atoms with Gasteiger partial charge in [-0.25, -0.2) is 0 Å². The molecule has 0 aromatic heterocycles. The number of benzene rings is 3. The van der Waals surface area contributed by atoms with Crippen LogP contribution < -0.4 is 5.73 Å². The molecule has 23 heavy (non-hydrogen) atoms. The monoisotopic (exact) mass is 305 g/mol. The number of aliphatic hydroxyl groups excluding tert-OH is 1. The number of nitrogens with two attached hydrogens (primary N) is 1. The maximum Gasteiger partial charge on any atom is 0.0761 e. The zero-order chi connectivity index (χ0) is 15.8. The summed E-state index contributed by atoms with van der Waals surface area (Å²) in [7, 11) is 0. The zero-order valence-corrected chi connectivity index (χ0v) is 13.3. The van der Waals surface area contributed by atoms with Gasteiger partial charge >= 0.3 is 0 Å². The Morgan fingerprint density at radius 1 is 0.870 bits per heavy atom. The van der Waals surface area contributed by atoms with Crippen LogP contribution in [0.25, 0.3) is 21.5 Å². The maximum absolute atomic E-state index is 10.8. The van der Waals surface area contributed by atoms with E-state index in [1.165, 1.54) is 29.0 Å². The first-order valence-corrected chi connectivity index (χ1v) is 8.60. The number of fused-ring (bicyclic) bond motifs is 3. The highest BCUT2D eigenvalue weighted by molar-refractivity contribution is 6.09. The highest BCUT2D eigenvalue weighted by atomic mass is 16.3. The number of hydrogen-bond acceptors (Lipinski definition) is 2. The topological polar surface area (TPSA) is 46.2 Å². The second-order valence-electron chi connectivity index (χ2n) is 6.79. The fraction of sp³-hybridized carbons (Fsp3) is 0.333. The molecule has 118 valence electrons. The van der Waals surface area contributed by atoms with Gasteiger partial charge in [0.25, 0.3) is 0 Å². The first-order valence-electron chi connectivity index (χ1n) is 8.60. The number of aliphatic hydroxyl groups is 1. The predicted octanol–water partition coefficient (Wildman–Crippen LogP) is 4.54. The van der Waals surface area contributed by atoms with Gasteiger partial charge in [0.05, 0.1) is 12.1 Å². The summed E-state index contributed by atoms with van der Waals surface area (Å²) in [6.45, 7) is 0. The normalized spacial score (nSPS) is 18.5. The van der Waals surface area contributed by atoms with Gasteiger partial charge in [-0.05, 0) is 51.9 Å². The van der Waals surface area contributed by atoms with Gasteiger partial charge in [0, 0.05) is 0 Å². The minimum atomic E-state index is -0.456. The lowest BCUT2D eigenvalue weighted by Crippen LogP contribution is -2.32. The highest BCUT2D eigenvalue weighted by Gasteiger charge is 2.29. The molecular weight excluding hydrogens is 282 g/mol. The number of rotatable bonds is 3. The predicted molar refractivity (Wildman–Crippen MR) is 96.3 cm³/mol. The van der Waals surface area contributed by atoms with E-state index >= 15 is 0 Å². The average Bonchev–Trinajstić information content (AvgIpc) is 3.14. The van der Waals surface area contributed by atoms with Gasteiger partial charge in [-0.3, -0.25) is 0 Å². The van der Waals surface area contributed by atoms with Crippen LogP contribution in [0.4, 0.5) is 0 Å². The molecule has 2 nitrogen and oxygen atoms in total. The average molecular weight is 305 g/mol. The molecule has 3 aromatic rings. The van der Waals surface area contributed by atoms with Crippen molar-refractivity contribution < 1.29 is 5.11 Å². The summed E-state index contributed by atoms with van der Waals surface area (Å²) in [6.07, 6.45) is 4.17. The standard InChI is InChI=1S/C21H23NO/c22-20(21(23)14-7-1-2-8-14)19-13-15-9-3-4-10-16(15)17-11-5-6-12-18(17)19/h3-6,9-14,20-21,23H,1-2,7-8,22H2/t20-,21+/m0/s1. The molecule has 0 heterocycles. The van der Waals surface area contributed by atoms with Crippen LogP contribution in [0, 0.1) is 5.92 Å². The Morgan fingerprint density at radius 3 is 2.22 bits per heavy atom. The molecule has 0 amide bonds. The van der Waals surface area contributed by atoms with Gasteiger partial charge in [0.15, 0.2) is 0 Å². The summed E-state index contributed by atoms with van der Waals surface area (Å²) in [5.74, 6) is 0.343. The Labute approximate surface area is 136 Å². The van der Waals surface area contributed by atoms with E-state index in [0.29, 0.717) is 5.92 Å². The lowest BCUT2D eigenvalue weighted by Gasteiger charge is -2.26. The van der Waals surface area contributed by atoms with Gasteiger partial charge in [0.2, 0.25) is 0 Å². The fourth-order valence-corrected chi connectivity index (χ4v) is 4.14. The SMILES string of the molecule is N[C@@H](c1cc2ccccc2c2ccccc12)[C@H](O)C1CCCC1. The molecule has 0 bridgehead atoms. The van der Waals surface area contributed by atoms with Gasteiger partial charge in [-0.1, -0.05) is 61.4 Å². The molecule has 0 unspecified atom stereocenters. The molecular formula is C21H23NO. The molecule has 2 atom stereocenters. The molecule has 1 fully saturated rings. The molecule has 0 aliphatic heterocycles. The van der Waals surface area contributed by atoms with Gasteiger partial charge in [0.1, 0.15) is 0 Å². The lowest BCUT2D eigenvalue weighted by molar-refractivity contribution is 0.0850. The van der Waals surface area contributed by atoms with Crippen LogP contribution in [-0.2, 0) is 0 Å². The second kappa shape index (κ2) is 5.95. The maximum atomic E-state index is 10.8. The van der Waals surface area contributed by atoms with Crippen molar-refractivity contribution in [2.45, 2.75) is 37.8 Å². The molecule has 0 saturated heterocycles. The third kappa shape index (κ3) is 2.52. The summed E-state index contributed by atoms with van der Waals surface area (Å²) in [6, 6.07) is 18.6. The van der Waals surface area contributed by atoms with Crippen LogP contribution in [0.1, 0.15) is 37.3 Å². The van der Waals surface area contributed by atoms with Crippen molar-refractivity contribution >= 4 is 21.5 Å². The van der Waals surface area contributed by atoms with Crippen molar-refractivity contribution in [1.82, 2.24) is 0 Å². The van der Waals surface area contributed by atoms with Crippen molar-refractivity contribution in [1.29, 1.82) is 0 Å². The highest BCUT2D eigenvalue weighted by Crippen LogP contribution is 2.36. The summed E-state index contributed by atoms with van der Waals surface area (Å²) in [5, 5.41) is 15.6. The Morgan fingerprint density at radius 2 is 1.48 bits per heavy atom. The smallest absolute Gasteiger partial charge is 0.0761 e. The van der Waals surface area contributed by atoms with Crippen molar-refractivity contribution in [2.75, 3.05) is 0 Å². The third-order valence-electron chi connectivity index (χ3n) is 5.41. The molecule has 1 aliphatic carbocycles. The van der Waals surface area contributed by atoms with E-state index in [0.717, 1.165) is 23.8 Å². The molecule has 4 rings (SSSR count). The van der Waals surface area contributed by atoms with Gasteiger partial charge < -0.3 is 10.8 Å². The van der Waals surface area contributed by atoms with Crippen molar-refractivity contribution in [3.63, 3.8) is 0 Å². The van der Waals surface area contributed by atoms with Crippen LogP contribution in [0.5, 0.6) is 0 Å². The van der Waals surface area contributed by atoms with E-state index < -0.39 is 6.10 Å². The van der Waals surface area contributed by atoms with Crippen molar-refractivity contribution in [3.8, 4) is 0 Å². The minimum absolute atomic E-state index is 0.326. The zero-order valence-electron chi connectivity index (χ0n) is 13.3. The van der Waals surface area contributed by atoms with Crippen LogP contribution >= 0.6 is 0 Å². The molecule has 3 aromatic carbocycles. The molecule has 1 saturated carbocycles. The first-order chi connectivity index (χ1) is 11.3. The molecule has 0 radical (unpaired) electrons. The number of hydrogen-bond donors (Lipinski definition) is 2. The third-order valence-corrected chi connectivity index (χ3v) is 5.41. The second-order valence-corrected chi connectivity index (χ2v) is 6.79. The lowest BCUT2D eigenvalue weighted by atomic mass is 9.87. The minimum Gasteiger partial charge on any atom is -0.391 e. The Kier molecular flexibility index (Phi) is 3.80. The summed E-state index contributed by atoms with van der Waals surface area (Å²) >= 11 is 0. The molecule has 2 heteroatoms. The van der Waals surface area contributed by atoms with Crippen LogP contribution in [0.15, 0.2) is 54.6 Å². The van der Waals surface area contributed by atoms with E-state index in [4.69, 9.17) is 5.73 Å². The van der Waals surface area contributed by atoms with E-state index in [2.05, 4.69) is 54.6 Å². The van der Waals surface area contributed by atoms with Crippen LogP contribution in [0.3, 0.4) is 0 Å². The van der Waals surface area contributed by atoms with E-state index in [9.17, 15) is 5.11 Å². The largest absolute Gasteiger partial charge is 0.391 e. The molecule has 0 spiro atoms. The van der Waals surface area contributed by atoms with Crippen LogP contribution in [-0.4, -0.2) is 11.2 Å². The fourth-order valence-electron chi connectivity index (χ4n) is 4.14. The quantitative estimate of drug-likeness (QED) is 0.698. The van der Waals surface area contributed by atoms with Crippen molar-refractivity contribution in [3.05, 3.63) is 60.2 Å². The van der Waals surface area contributed by atoms with Crippen LogP contribution in [0.2, 0.25) is 0 Å². The summed E-state index contributed by atoms with van der Waals surface area (Å²) in [5.41, 5.74) is 7.59. The van der Waals surface area contributed by atoms with Gasteiger partial charge in [-0.2, -0.15) is 0 Å². The van der Waals surface area contributed by atoms with Crippen molar-refractivity contribution in [2.24, 2.45) is 11.7 Å². The Bertz CT molecular complexity index is 835. The summed E-state index contributed by atoms with van der Waals surface area (Å²) < 4.78 is 0. The Balaban J connectivity index is 1.87.